The number of piperidine rings is 1. The van der Waals surface area contributed by atoms with Gasteiger partial charge in [-0.1, -0.05) is 19.3 Å². The molecular weight excluding hydrogens is 464 g/mol. The number of rotatable bonds is 6. The third-order valence-electron chi connectivity index (χ3n) is 7.65. The van der Waals surface area contributed by atoms with E-state index in [1.165, 1.54) is 63.3 Å². The second kappa shape index (κ2) is 9.78. The number of pyridine rings is 1. The highest BCUT2D eigenvalue weighted by atomic mass is 32.2. The minimum absolute atomic E-state index is 0.0314. The summed E-state index contributed by atoms with van der Waals surface area (Å²) < 4.78 is 30.1. The highest BCUT2D eigenvalue weighted by Crippen LogP contribution is 2.36. The molecule has 2 fully saturated rings. The Hall–Kier alpha value is -2.65. The second-order valence-electron chi connectivity index (χ2n) is 10.4. The number of carbonyl (C=O) groups excluding carboxylic acids is 1. The normalized spacial score (nSPS) is 22.9. The van der Waals surface area contributed by atoms with Crippen LogP contribution in [0.4, 0.5) is 11.4 Å². The zero-order valence-corrected chi connectivity index (χ0v) is 21.0. The molecule has 2 atom stereocenters. The third-order valence-corrected chi connectivity index (χ3v) is 9.03. The van der Waals surface area contributed by atoms with Crippen LogP contribution in [0.5, 0.6) is 0 Å². The van der Waals surface area contributed by atoms with E-state index in [1.807, 2.05) is 6.07 Å². The number of nitrogens with one attached hydrogen (secondary N) is 2. The number of aromatic nitrogens is 1. The summed E-state index contributed by atoms with van der Waals surface area (Å²) in [7, 11) is -3.94. The van der Waals surface area contributed by atoms with Crippen LogP contribution < -0.4 is 15.6 Å². The number of anilines is 2. The van der Waals surface area contributed by atoms with Crippen molar-refractivity contribution in [2.24, 2.45) is 11.8 Å². The second-order valence-corrected chi connectivity index (χ2v) is 12.1. The maximum Gasteiger partial charge on any atom is 0.275 e. The Morgan fingerprint density at radius 1 is 1.00 bits per heavy atom. The first kappa shape index (κ1) is 24.1. The average Bonchev–Trinajstić information content (AvgIpc) is 2.82. The van der Waals surface area contributed by atoms with Crippen molar-refractivity contribution < 1.29 is 13.2 Å². The minimum Gasteiger partial charge on any atom is -0.326 e. The molecule has 1 saturated heterocycles. The summed E-state index contributed by atoms with van der Waals surface area (Å²) in [6, 6.07) is 9.40. The molecule has 1 saturated carbocycles. The van der Waals surface area contributed by atoms with Gasteiger partial charge in [-0.25, -0.2) is 8.42 Å². The first-order valence-corrected chi connectivity index (χ1v) is 14.1. The van der Waals surface area contributed by atoms with Gasteiger partial charge < -0.3 is 14.8 Å². The highest BCUT2D eigenvalue weighted by Gasteiger charge is 2.36. The van der Waals surface area contributed by atoms with Gasteiger partial charge in [0.1, 0.15) is 5.69 Å². The highest BCUT2D eigenvalue weighted by molar-refractivity contribution is 7.92. The van der Waals surface area contributed by atoms with E-state index in [2.05, 4.69) is 14.9 Å². The maximum absolute atomic E-state index is 13.3. The van der Waals surface area contributed by atoms with Crippen molar-refractivity contribution >= 4 is 27.3 Å². The number of carbonyl (C=O) groups is 1. The number of nitrogens with zero attached hydrogens (tertiary/aromatic N) is 2. The summed E-state index contributed by atoms with van der Waals surface area (Å²) in [4.78, 5) is 27.1. The standard InChI is InChI=1S/C26H34N4O4S/c1-18(31)27-22-7-9-23(10-8-22)35(33,34)28-24-11-12-25-21-13-20(16-30(25)26(24)32)15-29(17-21)14-19-5-3-2-4-6-19/h7-12,19-21,28H,2-6,13-17H2,1H3,(H,27,31). The van der Waals surface area contributed by atoms with Gasteiger partial charge in [0.15, 0.2) is 0 Å². The molecule has 2 unspecified atom stereocenters. The Balaban J connectivity index is 1.32. The number of hydrogen-bond acceptors (Lipinski definition) is 5. The summed E-state index contributed by atoms with van der Waals surface area (Å²) in [5, 5.41) is 2.61. The van der Waals surface area contributed by atoms with Gasteiger partial charge in [0.25, 0.3) is 15.6 Å². The Bertz CT molecular complexity index is 1250. The number of benzene rings is 1. The Labute approximate surface area is 206 Å². The van der Waals surface area contributed by atoms with Gasteiger partial charge in [-0.3, -0.25) is 14.3 Å². The van der Waals surface area contributed by atoms with Crippen LogP contribution in [-0.2, 0) is 21.4 Å². The molecule has 1 aromatic heterocycles. The molecule has 9 heteroatoms. The molecule has 1 amide bonds. The average molecular weight is 499 g/mol. The van der Waals surface area contributed by atoms with Crippen molar-refractivity contribution in [1.82, 2.24) is 9.47 Å². The van der Waals surface area contributed by atoms with Gasteiger partial charge >= 0.3 is 0 Å². The maximum atomic E-state index is 13.3. The van der Waals surface area contributed by atoms with Crippen LogP contribution in [-0.4, -0.2) is 43.4 Å². The molecule has 0 radical (unpaired) electrons. The van der Waals surface area contributed by atoms with Crippen molar-refractivity contribution in [2.45, 2.75) is 62.8 Å². The Morgan fingerprint density at radius 2 is 1.74 bits per heavy atom. The zero-order chi connectivity index (χ0) is 24.6. The number of likely N-dealkylation sites (tertiary alicyclic amines) is 1. The lowest BCUT2D eigenvalue weighted by Gasteiger charge is -2.44. The van der Waals surface area contributed by atoms with Crippen LogP contribution in [0.2, 0.25) is 0 Å². The van der Waals surface area contributed by atoms with Crippen molar-refractivity contribution in [3.63, 3.8) is 0 Å². The van der Waals surface area contributed by atoms with E-state index >= 15 is 0 Å². The van der Waals surface area contributed by atoms with E-state index < -0.39 is 10.0 Å². The molecule has 35 heavy (non-hydrogen) atoms. The molecule has 2 aromatic rings. The molecule has 5 rings (SSSR count). The molecule has 1 aliphatic carbocycles. The lowest BCUT2D eigenvalue weighted by atomic mass is 9.81. The van der Waals surface area contributed by atoms with Gasteiger partial charge in [0, 0.05) is 50.4 Å². The van der Waals surface area contributed by atoms with E-state index in [9.17, 15) is 18.0 Å². The third kappa shape index (κ3) is 5.30. The molecule has 188 valence electrons. The van der Waals surface area contributed by atoms with E-state index in [1.54, 1.807) is 10.6 Å². The van der Waals surface area contributed by atoms with Gasteiger partial charge in [0.2, 0.25) is 5.91 Å². The lowest BCUT2D eigenvalue weighted by Crippen LogP contribution is -2.48. The van der Waals surface area contributed by atoms with Crippen LogP contribution in [0.3, 0.4) is 0 Å². The van der Waals surface area contributed by atoms with Gasteiger partial charge in [-0.2, -0.15) is 0 Å². The fourth-order valence-electron chi connectivity index (χ4n) is 6.13. The fraction of sp³-hybridized carbons (Fsp3) is 0.538. The summed E-state index contributed by atoms with van der Waals surface area (Å²) in [6.07, 6.45) is 7.82. The predicted molar refractivity (Wildman–Crippen MR) is 136 cm³/mol. The molecular formula is C26H34N4O4S. The van der Waals surface area contributed by atoms with Crippen molar-refractivity contribution in [3.8, 4) is 0 Å². The van der Waals surface area contributed by atoms with Crippen LogP contribution >= 0.6 is 0 Å². The quantitative estimate of drug-likeness (QED) is 0.634. The van der Waals surface area contributed by atoms with Gasteiger partial charge in [-0.15, -0.1) is 0 Å². The van der Waals surface area contributed by atoms with Crippen LogP contribution in [0, 0.1) is 11.8 Å². The number of sulfonamides is 1. The van der Waals surface area contributed by atoms with E-state index in [4.69, 9.17) is 0 Å². The van der Waals surface area contributed by atoms with Crippen molar-refractivity contribution in [1.29, 1.82) is 0 Å². The molecule has 2 bridgehead atoms. The minimum atomic E-state index is -3.94. The van der Waals surface area contributed by atoms with Crippen molar-refractivity contribution in [3.05, 3.63) is 52.4 Å². The van der Waals surface area contributed by atoms with E-state index in [-0.39, 0.29) is 22.0 Å². The van der Waals surface area contributed by atoms with Crippen LogP contribution in [0.15, 0.2) is 46.1 Å². The predicted octanol–water partition coefficient (Wildman–Crippen LogP) is 3.61. The molecule has 3 aliphatic rings. The molecule has 8 nitrogen and oxygen atoms in total. The monoisotopic (exact) mass is 498 g/mol. The topological polar surface area (TPSA) is 101 Å². The number of hydrogen-bond donors (Lipinski definition) is 2. The number of amides is 1. The molecule has 2 aliphatic heterocycles. The van der Waals surface area contributed by atoms with Gasteiger partial charge in [-0.05, 0) is 67.5 Å². The Kier molecular flexibility index (Phi) is 6.72. The Morgan fingerprint density at radius 3 is 2.46 bits per heavy atom. The lowest BCUT2D eigenvalue weighted by molar-refractivity contribution is -0.114. The SMILES string of the molecule is CC(=O)Nc1ccc(S(=O)(=O)Nc2ccc3n(c2=O)CC2CC3CN(CC3CCCCC3)C2)cc1. The summed E-state index contributed by atoms with van der Waals surface area (Å²) in [5.41, 5.74) is 1.31. The van der Waals surface area contributed by atoms with Crippen LogP contribution in [0.25, 0.3) is 0 Å². The largest absolute Gasteiger partial charge is 0.326 e. The summed E-state index contributed by atoms with van der Waals surface area (Å²) >= 11 is 0. The summed E-state index contributed by atoms with van der Waals surface area (Å²) in [6.45, 7) is 5.16. The van der Waals surface area contributed by atoms with E-state index in [0.29, 0.717) is 24.1 Å². The number of fused-ring (bicyclic) bond motifs is 4. The van der Waals surface area contributed by atoms with Gasteiger partial charge in [0.05, 0.1) is 4.90 Å². The molecule has 2 N–H and O–H groups in total. The molecule has 1 aromatic carbocycles. The first-order valence-electron chi connectivity index (χ1n) is 12.6. The molecule has 3 heterocycles. The zero-order valence-electron chi connectivity index (χ0n) is 20.2. The smallest absolute Gasteiger partial charge is 0.275 e. The first-order chi connectivity index (χ1) is 16.8. The van der Waals surface area contributed by atoms with Crippen LogP contribution in [0.1, 0.15) is 57.1 Å². The summed E-state index contributed by atoms with van der Waals surface area (Å²) in [5.74, 6) is 1.29. The van der Waals surface area contributed by atoms with E-state index in [0.717, 1.165) is 37.7 Å². The fourth-order valence-corrected chi connectivity index (χ4v) is 7.19. The van der Waals surface area contributed by atoms with Crippen molar-refractivity contribution in [2.75, 3.05) is 29.7 Å². The molecule has 0 spiro atoms.